The second-order valence-corrected chi connectivity index (χ2v) is 5.02. The Morgan fingerprint density at radius 3 is 2.78 bits per heavy atom. The van der Waals surface area contributed by atoms with E-state index in [1.54, 1.807) is 25.1 Å². The van der Waals surface area contributed by atoms with Crippen LogP contribution in [0.5, 0.6) is 0 Å². The highest BCUT2D eigenvalue weighted by molar-refractivity contribution is 5.77. The van der Waals surface area contributed by atoms with Gasteiger partial charge in [0.1, 0.15) is 5.82 Å². The van der Waals surface area contributed by atoms with Gasteiger partial charge in [0.05, 0.1) is 6.04 Å². The van der Waals surface area contributed by atoms with Gasteiger partial charge in [0.25, 0.3) is 0 Å². The molecule has 0 aromatic heterocycles. The molecule has 1 aromatic carbocycles. The fraction of sp³-hybridized carbons (Fsp3) is 0.500. The monoisotopic (exact) mass is 250 g/mol. The van der Waals surface area contributed by atoms with Crippen LogP contribution in [0, 0.1) is 11.7 Å². The van der Waals surface area contributed by atoms with Gasteiger partial charge in [0, 0.05) is 18.0 Å². The summed E-state index contributed by atoms with van der Waals surface area (Å²) in [4.78, 5) is 11.8. The van der Waals surface area contributed by atoms with Crippen molar-refractivity contribution in [1.82, 2.24) is 5.32 Å². The number of hydrogen-bond donors (Lipinski definition) is 2. The smallest absolute Gasteiger partial charge is 0.222 e. The third kappa shape index (κ3) is 3.29. The Morgan fingerprint density at radius 2 is 2.17 bits per heavy atom. The van der Waals surface area contributed by atoms with Crippen molar-refractivity contribution < 1.29 is 9.18 Å². The molecule has 0 saturated heterocycles. The molecule has 2 atom stereocenters. The molecule has 0 heterocycles. The number of benzene rings is 1. The molecule has 3 N–H and O–H groups in total. The number of nitrogens with two attached hydrogens (primary N) is 1. The summed E-state index contributed by atoms with van der Waals surface area (Å²) >= 11 is 0. The minimum atomic E-state index is -0.329. The second-order valence-electron chi connectivity index (χ2n) is 5.02. The molecule has 1 aromatic rings. The molecule has 1 saturated carbocycles. The van der Waals surface area contributed by atoms with Gasteiger partial charge in [-0.1, -0.05) is 18.2 Å². The van der Waals surface area contributed by atoms with Gasteiger partial charge in [-0.3, -0.25) is 4.79 Å². The van der Waals surface area contributed by atoms with E-state index >= 15 is 0 Å². The van der Waals surface area contributed by atoms with E-state index in [9.17, 15) is 9.18 Å². The molecule has 0 radical (unpaired) electrons. The van der Waals surface area contributed by atoms with E-state index in [2.05, 4.69) is 5.32 Å². The quantitative estimate of drug-likeness (QED) is 0.841. The van der Waals surface area contributed by atoms with Crippen molar-refractivity contribution in [2.45, 2.75) is 38.3 Å². The van der Waals surface area contributed by atoms with Crippen LogP contribution in [0.15, 0.2) is 24.3 Å². The minimum Gasteiger partial charge on any atom is -0.349 e. The van der Waals surface area contributed by atoms with E-state index in [0.29, 0.717) is 17.9 Å². The van der Waals surface area contributed by atoms with Crippen molar-refractivity contribution in [3.63, 3.8) is 0 Å². The Kier molecular flexibility index (Phi) is 3.97. The van der Waals surface area contributed by atoms with Crippen LogP contribution in [0.1, 0.15) is 37.8 Å². The molecule has 0 spiro atoms. The van der Waals surface area contributed by atoms with E-state index in [1.807, 2.05) is 0 Å². The molecular weight excluding hydrogens is 231 g/mol. The average molecular weight is 250 g/mol. The number of rotatable bonds is 5. The van der Waals surface area contributed by atoms with Crippen LogP contribution >= 0.6 is 0 Å². The summed E-state index contributed by atoms with van der Waals surface area (Å²) in [5.74, 6) is 0.0986. The zero-order chi connectivity index (χ0) is 13.1. The van der Waals surface area contributed by atoms with Crippen molar-refractivity contribution in [2.24, 2.45) is 11.7 Å². The summed E-state index contributed by atoms with van der Waals surface area (Å²) in [6.07, 6.45) is 2.57. The van der Waals surface area contributed by atoms with Crippen LogP contribution in [-0.4, -0.2) is 11.9 Å². The Labute approximate surface area is 107 Å². The lowest BCUT2D eigenvalue weighted by atomic mass is 10.1. The lowest BCUT2D eigenvalue weighted by molar-refractivity contribution is -0.122. The topological polar surface area (TPSA) is 55.1 Å². The van der Waals surface area contributed by atoms with Crippen molar-refractivity contribution in [3.05, 3.63) is 35.6 Å². The summed E-state index contributed by atoms with van der Waals surface area (Å²) in [6, 6.07) is 6.09. The number of hydrogen-bond acceptors (Lipinski definition) is 2. The van der Waals surface area contributed by atoms with Crippen molar-refractivity contribution >= 4 is 5.91 Å². The molecule has 0 aliphatic heterocycles. The summed E-state index contributed by atoms with van der Waals surface area (Å²) in [6.45, 7) is 1.78. The lowest BCUT2D eigenvalue weighted by Crippen LogP contribution is -2.34. The average Bonchev–Trinajstić information content (AvgIpc) is 3.12. The maximum Gasteiger partial charge on any atom is 0.222 e. The molecule has 98 valence electrons. The van der Waals surface area contributed by atoms with E-state index in [0.717, 1.165) is 12.8 Å². The molecule has 1 aliphatic carbocycles. The molecule has 0 bridgehead atoms. The van der Waals surface area contributed by atoms with E-state index in [-0.39, 0.29) is 23.8 Å². The van der Waals surface area contributed by atoms with E-state index < -0.39 is 0 Å². The first-order chi connectivity index (χ1) is 8.58. The maximum absolute atomic E-state index is 13.5. The number of carbonyl (C=O) groups excluding carboxylic acids is 1. The third-order valence-corrected chi connectivity index (χ3v) is 3.40. The van der Waals surface area contributed by atoms with Crippen LogP contribution in [-0.2, 0) is 4.79 Å². The highest BCUT2D eigenvalue weighted by Crippen LogP contribution is 2.32. The highest BCUT2D eigenvalue weighted by Gasteiger charge is 2.30. The normalized spacial score (nSPS) is 18.2. The number of carbonyl (C=O) groups is 1. The predicted molar refractivity (Wildman–Crippen MR) is 68.3 cm³/mol. The molecule has 1 fully saturated rings. The van der Waals surface area contributed by atoms with Gasteiger partial charge >= 0.3 is 0 Å². The molecule has 1 unspecified atom stereocenters. The zero-order valence-electron chi connectivity index (χ0n) is 10.5. The molecule has 2 rings (SSSR count). The van der Waals surface area contributed by atoms with Gasteiger partial charge < -0.3 is 11.1 Å². The predicted octanol–water partition coefficient (Wildman–Crippen LogP) is 2.13. The van der Waals surface area contributed by atoms with Crippen LogP contribution in [0.2, 0.25) is 0 Å². The van der Waals surface area contributed by atoms with Gasteiger partial charge in [-0.2, -0.15) is 0 Å². The summed E-state index contributed by atoms with van der Waals surface area (Å²) < 4.78 is 13.5. The van der Waals surface area contributed by atoms with Crippen LogP contribution in [0.4, 0.5) is 4.39 Å². The second kappa shape index (κ2) is 5.48. The molecule has 1 aliphatic rings. The van der Waals surface area contributed by atoms with Gasteiger partial charge in [-0.15, -0.1) is 0 Å². The maximum atomic E-state index is 13.5. The van der Waals surface area contributed by atoms with Gasteiger partial charge in [0.2, 0.25) is 5.91 Å². The first-order valence-electron chi connectivity index (χ1n) is 6.37. The van der Waals surface area contributed by atoms with E-state index in [4.69, 9.17) is 5.73 Å². The summed E-state index contributed by atoms with van der Waals surface area (Å²) in [5.41, 5.74) is 6.39. The van der Waals surface area contributed by atoms with Crippen molar-refractivity contribution in [3.8, 4) is 0 Å². The molecule has 3 nitrogen and oxygen atoms in total. The van der Waals surface area contributed by atoms with Gasteiger partial charge in [-0.05, 0) is 31.7 Å². The van der Waals surface area contributed by atoms with Crippen LogP contribution in [0.25, 0.3) is 0 Å². The van der Waals surface area contributed by atoms with Crippen LogP contribution in [0.3, 0.4) is 0 Å². The molecule has 18 heavy (non-hydrogen) atoms. The summed E-state index contributed by atoms with van der Waals surface area (Å²) in [7, 11) is 0. The lowest BCUT2D eigenvalue weighted by Gasteiger charge is -2.17. The standard InChI is InChI=1S/C14H19FN2O/c1-9(11-4-2-3-5-12(11)15)17-14(18)8-13(16)10-6-7-10/h2-5,9-10,13H,6-8,16H2,1H3,(H,17,18)/t9-,13?/m1/s1. The zero-order valence-corrected chi connectivity index (χ0v) is 10.5. The number of halogens is 1. The number of nitrogens with one attached hydrogen (secondary N) is 1. The van der Waals surface area contributed by atoms with Gasteiger partial charge in [0.15, 0.2) is 0 Å². The Bertz CT molecular complexity index is 432. The molecule has 4 heteroatoms. The summed E-state index contributed by atoms with van der Waals surface area (Å²) in [5, 5.41) is 2.79. The SMILES string of the molecule is C[C@@H](NC(=O)CC(N)C1CC1)c1ccccc1F. The van der Waals surface area contributed by atoms with Gasteiger partial charge in [-0.25, -0.2) is 4.39 Å². The first kappa shape index (κ1) is 13.0. The molecular formula is C14H19FN2O. The molecule has 1 amide bonds. The van der Waals surface area contributed by atoms with Crippen molar-refractivity contribution in [2.75, 3.05) is 0 Å². The minimum absolute atomic E-state index is 0.0576. The van der Waals surface area contributed by atoms with Crippen LogP contribution < -0.4 is 11.1 Å². The largest absolute Gasteiger partial charge is 0.349 e. The van der Waals surface area contributed by atoms with E-state index in [1.165, 1.54) is 6.07 Å². The Morgan fingerprint density at radius 1 is 1.50 bits per heavy atom. The first-order valence-corrected chi connectivity index (χ1v) is 6.37. The fourth-order valence-electron chi connectivity index (χ4n) is 2.11. The van der Waals surface area contributed by atoms with Crippen molar-refractivity contribution in [1.29, 1.82) is 0 Å². The number of amides is 1. The third-order valence-electron chi connectivity index (χ3n) is 3.40. The highest BCUT2D eigenvalue weighted by atomic mass is 19.1. The Balaban J connectivity index is 1.88. The fourth-order valence-corrected chi connectivity index (χ4v) is 2.11. The Hall–Kier alpha value is -1.42.